The van der Waals surface area contributed by atoms with Crippen molar-refractivity contribution in [3.63, 3.8) is 0 Å². The Bertz CT molecular complexity index is 1190. The van der Waals surface area contributed by atoms with Gasteiger partial charge in [-0.15, -0.1) is 11.3 Å². The van der Waals surface area contributed by atoms with Crippen LogP contribution in [0.1, 0.15) is 49.9 Å². The van der Waals surface area contributed by atoms with E-state index in [9.17, 15) is 0 Å². The van der Waals surface area contributed by atoms with Crippen LogP contribution in [-0.4, -0.2) is 31.3 Å². The first kappa shape index (κ1) is 18.0. The van der Waals surface area contributed by atoms with Gasteiger partial charge in [-0.3, -0.25) is 0 Å². The van der Waals surface area contributed by atoms with Gasteiger partial charge in [0.05, 0.1) is 23.1 Å². The van der Waals surface area contributed by atoms with Crippen molar-refractivity contribution in [3.8, 4) is 11.3 Å². The van der Waals surface area contributed by atoms with E-state index in [0.29, 0.717) is 11.9 Å². The number of rotatable bonds is 5. The molecule has 1 aliphatic carbocycles. The molecule has 1 N–H and O–H groups in total. The van der Waals surface area contributed by atoms with Crippen molar-refractivity contribution in [3.05, 3.63) is 47.7 Å². The molecule has 2 fully saturated rings. The molecule has 2 aliphatic rings. The van der Waals surface area contributed by atoms with Crippen molar-refractivity contribution >= 4 is 33.3 Å². The molecule has 1 aromatic carbocycles. The van der Waals surface area contributed by atoms with E-state index >= 15 is 0 Å². The number of benzene rings is 1. The minimum Gasteiger partial charge on any atom is -0.356 e. The Morgan fingerprint density at radius 3 is 2.93 bits per heavy atom. The van der Waals surface area contributed by atoms with Gasteiger partial charge in [-0.2, -0.15) is 5.10 Å². The van der Waals surface area contributed by atoms with Gasteiger partial charge in [0.2, 0.25) is 5.95 Å². The van der Waals surface area contributed by atoms with E-state index in [-0.39, 0.29) is 6.23 Å². The van der Waals surface area contributed by atoms with E-state index in [1.54, 1.807) is 17.5 Å². The molecule has 8 heteroatoms. The maximum atomic E-state index is 5.94. The summed E-state index contributed by atoms with van der Waals surface area (Å²) in [5.41, 5.74) is 4.15. The summed E-state index contributed by atoms with van der Waals surface area (Å²) in [5.74, 6) is 1.21. The topological polar surface area (TPSA) is 77.8 Å². The van der Waals surface area contributed by atoms with Gasteiger partial charge in [-0.25, -0.2) is 19.6 Å². The maximum Gasteiger partial charge on any atom is 0.229 e. The van der Waals surface area contributed by atoms with Gasteiger partial charge < -0.3 is 10.1 Å². The smallest absolute Gasteiger partial charge is 0.229 e. The summed E-state index contributed by atoms with van der Waals surface area (Å²) in [7, 11) is 0. The summed E-state index contributed by atoms with van der Waals surface area (Å²) >= 11 is 1.61. The van der Waals surface area contributed by atoms with E-state index in [4.69, 9.17) is 9.72 Å². The first-order valence-electron chi connectivity index (χ1n) is 10.5. The molecule has 0 amide bonds. The second-order valence-electron chi connectivity index (χ2n) is 7.93. The molecule has 1 atom stereocenters. The van der Waals surface area contributed by atoms with Crippen molar-refractivity contribution in [1.29, 1.82) is 0 Å². The summed E-state index contributed by atoms with van der Waals surface area (Å²) in [5, 5.41) is 11.9. The highest BCUT2D eigenvalue weighted by Crippen LogP contribution is 2.41. The molecule has 0 bridgehead atoms. The number of aromatic nitrogens is 5. The number of nitrogens with one attached hydrogen (secondary N) is 1. The summed E-state index contributed by atoms with van der Waals surface area (Å²) < 4.78 is 7.95. The van der Waals surface area contributed by atoms with E-state index in [1.165, 1.54) is 25.0 Å². The average molecular weight is 419 g/mol. The monoisotopic (exact) mass is 418 g/mol. The van der Waals surface area contributed by atoms with Gasteiger partial charge in [0.15, 0.2) is 11.4 Å². The standard InChI is InChI=1S/C22H22N6OS/c1-2-10-29-20(3-1)28-19-11-15(6-7-16(19)12-24-28)17-8-9-23-21(25-17)27-22-26-18(13-30-22)14-4-5-14/h6-9,11-14,20H,1-5,10H2,(H,23,25,26,27). The lowest BCUT2D eigenvalue weighted by molar-refractivity contribution is -0.0366. The van der Waals surface area contributed by atoms with Gasteiger partial charge in [0, 0.05) is 35.1 Å². The van der Waals surface area contributed by atoms with Crippen LogP contribution in [0.4, 0.5) is 11.1 Å². The van der Waals surface area contributed by atoms with Crippen LogP contribution in [0.15, 0.2) is 42.0 Å². The molecule has 1 saturated carbocycles. The molecule has 0 spiro atoms. The van der Waals surface area contributed by atoms with Crippen molar-refractivity contribution in [1.82, 2.24) is 24.7 Å². The number of thiazole rings is 1. The van der Waals surface area contributed by atoms with E-state index in [1.807, 2.05) is 16.9 Å². The molecule has 4 heterocycles. The van der Waals surface area contributed by atoms with Crippen molar-refractivity contribution in [2.45, 2.75) is 44.2 Å². The molecule has 3 aromatic heterocycles. The molecule has 7 nitrogen and oxygen atoms in total. The molecule has 6 rings (SSSR count). The Morgan fingerprint density at radius 1 is 1.10 bits per heavy atom. The van der Waals surface area contributed by atoms with Gasteiger partial charge in [-0.1, -0.05) is 12.1 Å². The van der Waals surface area contributed by atoms with E-state index in [2.05, 4.69) is 44.0 Å². The Hall–Kier alpha value is -2.84. The Morgan fingerprint density at radius 2 is 2.07 bits per heavy atom. The van der Waals surface area contributed by atoms with Gasteiger partial charge >= 0.3 is 0 Å². The highest BCUT2D eigenvalue weighted by Gasteiger charge is 2.26. The zero-order chi connectivity index (χ0) is 19.9. The lowest BCUT2D eigenvalue weighted by Gasteiger charge is -2.23. The predicted molar refractivity (Wildman–Crippen MR) is 117 cm³/mol. The average Bonchev–Trinajstić information content (AvgIpc) is 3.39. The van der Waals surface area contributed by atoms with Gasteiger partial charge in [0.25, 0.3) is 0 Å². The number of fused-ring (bicyclic) bond motifs is 1. The molecule has 1 aliphatic heterocycles. The van der Waals surface area contributed by atoms with Crippen LogP contribution in [-0.2, 0) is 4.74 Å². The van der Waals surface area contributed by atoms with Gasteiger partial charge in [-0.05, 0) is 44.2 Å². The summed E-state index contributed by atoms with van der Waals surface area (Å²) in [6.07, 6.45) is 9.50. The number of anilines is 2. The first-order chi connectivity index (χ1) is 14.8. The third-order valence-corrected chi connectivity index (χ3v) is 6.49. The zero-order valence-electron chi connectivity index (χ0n) is 16.5. The zero-order valence-corrected chi connectivity index (χ0v) is 17.3. The number of hydrogen-bond donors (Lipinski definition) is 1. The highest BCUT2D eigenvalue weighted by molar-refractivity contribution is 7.13. The number of hydrogen-bond acceptors (Lipinski definition) is 7. The van der Waals surface area contributed by atoms with Gasteiger partial charge in [0.1, 0.15) is 0 Å². The third-order valence-electron chi connectivity index (χ3n) is 5.71. The fourth-order valence-corrected chi connectivity index (χ4v) is 4.71. The summed E-state index contributed by atoms with van der Waals surface area (Å²) in [4.78, 5) is 13.8. The number of ether oxygens (including phenoxy) is 1. The SMILES string of the molecule is c1cc(-c2ccc3cnn(C4CCCCO4)c3c2)nc(Nc2nc(C3CC3)cs2)n1. The Labute approximate surface area is 178 Å². The van der Waals surface area contributed by atoms with Crippen LogP contribution in [0, 0.1) is 0 Å². The first-order valence-corrected chi connectivity index (χ1v) is 11.4. The second kappa shape index (κ2) is 7.45. The van der Waals surface area contributed by atoms with E-state index in [0.717, 1.165) is 46.7 Å². The quantitative estimate of drug-likeness (QED) is 0.476. The largest absolute Gasteiger partial charge is 0.356 e. The van der Waals surface area contributed by atoms with Crippen molar-refractivity contribution < 1.29 is 4.74 Å². The van der Waals surface area contributed by atoms with Crippen molar-refractivity contribution in [2.24, 2.45) is 0 Å². The fraction of sp³-hybridized carbons (Fsp3) is 0.364. The minimum atomic E-state index is 0.0136. The van der Waals surface area contributed by atoms with Crippen LogP contribution < -0.4 is 5.32 Å². The molecule has 0 radical (unpaired) electrons. The van der Waals surface area contributed by atoms with E-state index < -0.39 is 0 Å². The summed E-state index contributed by atoms with van der Waals surface area (Å²) in [6, 6.07) is 8.24. The predicted octanol–water partition coefficient (Wildman–Crippen LogP) is 5.27. The van der Waals surface area contributed by atoms with Crippen LogP contribution in [0.25, 0.3) is 22.2 Å². The Balaban J connectivity index is 1.29. The molecular formula is C22H22N6OS. The fourth-order valence-electron chi connectivity index (χ4n) is 3.93. The molecule has 4 aromatic rings. The van der Waals surface area contributed by atoms with Crippen LogP contribution in [0.3, 0.4) is 0 Å². The molecule has 152 valence electrons. The lowest BCUT2D eigenvalue weighted by atomic mass is 10.1. The van der Waals surface area contributed by atoms with Crippen molar-refractivity contribution in [2.75, 3.05) is 11.9 Å². The van der Waals surface area contributed by atoms with Crippen LogP contribution >= 0.6 is 11.3 Å². The molecule has 1 saturated heterocycles. The third kappa shape index (κ3) is 3.46. The maximum absolute atomic E-state index is 5.94. The molecule has 30 heavy (non-hydrogen) atoms. The van der Waals surface area contributed by atoms with Crippen LogP contribution in [0.5, 0.6) is 0 Å². The second-order valence-corrected chi connectivity index (χ2v) is 8.78. The minimum absolute atomic E-state index is 0.0136. The number of nitrogens with zero attached hydrogens (tertiary/aromatic N) is 5. The summed E-state index contributed by atoms with van der Waals surface area (Å²) in [6.45, 7) is 0.797. The highest BCUT2D eigenvalue weighted by atomic mass is 32.1. The lowest BCUT2D eigenvalue weighted by Crippen LogP contribution is -2.18. The molecule has 1 unspecified atom stereocenters. The molecular weight excluding hydrogens is 396 g/mol. The normalized spacial score (nSPS) is 19.3. The Kier molecular flexibility index (Phi) is 4.46. The van der Waals surface area contributed by atoms with Crippen LogP contribution in [0.2, 0.25) is 0 Å².